The number of aromatic nitrogens is 3. The fourth-order valence-corrected chi connectivity index (χ4v) is 2.88. The second-order valence-corrected chi connectivity index (χ2v) is 5.92. The van der Waals surface area contributed by atoms with Gasteiger partial charge in [-0.05, 0) is 36.8 Å². The lowest BCUT2D eigenvalue weighted by Gasteiger charge is -2.00. The SMILES string of the molecule is COc1ccc(-c2nc(SCc3cccc(C)c3)n[nH]2)cc1. The minimum Gasteiger partial charge on any atom is -0.497 e. The molecule has 0 fully saturated rings. The molecule has 0 spiro atoms. The van der Waals surface area contributed by atoms with Crippen molar-refractivity contribution in [2.45, 2.75) is 17.8 Å². The molecule has 0 saturated heterocycles. The molecular formula is C17H17N3OS. The van der Waals surface area contributed by atoms with Gasteiger partial charge in [0.15, 0.2) is 5.82 Å². The number of hydrogen-bond donors (Lipinski definition) is 1. The highest BCUT2D eigenvalue weighted by Gasteiger charge is 2.07. The highest BCUT2D eigenvalue weighted by molar-refractivity contribution is 7.98. The average Bonchev–Trinajstić information content (AvgIpc) is 3.02. The number of ether oxygens (including phenoxy) is 1. The normalized spacial score (nSPS) is 10.6. The minimum atomic E-state index is 0.757. The van der Waals surface area contributed by atoms with Crippen molar-refractivity contribution < 1.29 is 4.74 Å². The zero-order valence-electron chi connectivity index (χ0n) is 12.5. The van der Waals surface area contributed by atoms with E-state index in [0.29, 0.717) is 0 Å². The first-order valence-corrected chi connectivity index (χ1v) is 7.98. The van der Waals surface area contributed by atoms with Crippen LogP contribution in [0.3, 0.4) is 0 Å². The van der Waals surface area contributed by atoms with E-state index >= 15 is 0 Å². The van der Waals surface area contributed by atoms with Gasteiger partial charge in [0.1, 0.15) is 5.75 Å². The fraction of sp³-hybridized carbons (Fsp3) is 0.176. The largest absolute Gasteiger partial charge is 0.497 e. The van der Waals surface area contributed by atoms with Crippen molar-refractivity contribution in [2.75, 3.05) is 7.11 Å². The Kier molecular flexibility index (Phi) is 4.44. The van der Waals surface area contributed by atoms with Gasteiger partial charge in [-0.15, -0.1) is 5.10 Å². The number of thioether (sulfide) groups is 1. The summed E-state index contributed by atoms with van der Waals surface area (Å²) in [5.41, 5.74) is 3.54. The van der Waals surface area contributed by atoms with Gasteiger partial charge in [-0.1, -0.05) is 41.6 Å². The fourth-order valence-electron chi connectivity index (χ4n) is 2.14. The van der Waals surface area contributed by atoms with Crippen molar-refractivity contribution in [1.29, 1.82) is 0 Å². The van der Waals surface area contributed by atoms with Crippen LogP contribution < -0.4 is 4.74 Å². The Hall–Kier alpha value is -2.27. The smallest absolute Gasteiger partial charge is 0.209 e. The molecule has 112 valence electrons. The Balaban J connectivity index is 1.68. The molecule has 5 heteroatoms. The molecule has 0 aliphatic heterocycles. The summed E-state index contributed by atoms with van der Waals surface area (Å²) >= 11 is 1.63. The van der Waals surface area contributed by atoms with Crippen LogP contribution in [0.4, 0.5) is 0 Å². The third kappa shape index (κ3) is 3.49. The summed E-state index contributed by atoms with van der Waals surface area (Å²) < 4.78 is 5.16. The molecular weight excluding hydrogens is 294 g/mol. The molecule has 3 aromatic rings. The van der Waals surface area contributed by atoms with Crippen LogP contribution in [-0.2, 0) is 5.75 Å². The van der Waals surface area contributed by atoms with Crippen LogP contribution in [0.15, 0.2) is 53.7 Å². The van der Waals surface area contributed by atoms with E-state index in [4.69, 9.17) is 4.74 Å². The lowest BCUT2D eigenvalue weighted by atomic mass is 10.2. The van der Waals surface area contributed by atoms with Crippen LogP contribution in [-0.4, -0.2) is 22.3 Å². The molecule has 3 rings (SSSR count). The molecule has 0 radical (unpaired) electrons. The Morgan fingerprint density at radius 2 is 1.95 bits per heavy atom. The number of hydrogen-bond acceptors (Lipinski definition) is 4. The van der Waals surface area contributed by atoms with E-state index < -0.39 is 0 Å². The summed E-state index contributed by atoms with van der Waals surface area (Å²) in [4.78, 5) is 4.53. The monoisotopic (exact) mass is 311 g/mol. The number of benzene rings is 2. The molecule has 0 aliphatic rings. The maximum atomic E-state index is 5.16. The molecule has 1 heterocycles. The quantitative estimate of drug-likeness (QED) is 0.721. The van der Waals surface area contributed by atoms with Crippen molar-refractivity contribution in [2.24, 2.45) is 0 Å². The Morgan fingerprint density at radius 1 is 1.14 bits per heavy atom. The third-order valence-electron chi connectivity index (χ3n) is 3.28. The molecule has 0 atom stereocenters. The van der Waals surface area contributed by atoms with Gasteiger partial charge in [0.05, 0.1) is 7.11 Å². The highest BCUT2D eigenvalue weighted by Crippen LogP contribution is 2.23. The minimum absolute atomic E-state index is 0.757. The average molecular weight is 311 g/mol. The van der Waals surface area contributed by atoms with Crippen LogP contribution in [0.1, 0.15) is 11.1 Å². The molecule has 0 bridgehead atoms. The van der Waals surface area contributed by atoms with E-state index in [1.54, 1.807) is 18.9 Å². The van der Waals surface area contributed by atoms with Crippen LogP contribution in [0.5, 0.6) is 5.75 Å². The Bertz CT molecular complexity index is 753. The first-order chi connectivity index (χ1) is 10.7. The molecule has 2 aromatic carbocycles. The number of nitrogens with zero attached hydrogens (tertiary/aromatic N) is 2. The molecule has 4 nitrogen and oxygen atoms in total. The first kappa shape index (κ1) is 14.7. The molecule has 1 aromatic heterocycles. The Morgan fingerprint density at radius 3 is 2.68 bits per heavy atom. The van der Waals surface area contributed by atoms with Gasteiger partial charge in [0, 0.05) is 11.3 Å². The standard InChI is InChI=1S/C17H17N3OS/c1-12-4-3-5-13(10-12)11-22-17-18-16(19-20-17)14-6-8-15(21-2)9-7-14/h3-10H,11H2,1-2H3,(H,18,19,20). The third-order valence-corrected chi connectivity index (χ3v) is 4.20. The van der Waals surface area contributed by atoms with Crippen molar-refractivity contribution in [3.05, 3.63) is 59.7 Å². The second kappa shape index (κ2) is 6.66. The predicted molar refractivity (Wildman–Crippen MR) is 89.1 cm³/mol. The summed E-state index contributed by atoms with van der Waals surface area (Å²) in [6.45, 7) is 2.10. The number of aryl methyl sites for hydroxylation is 1. The molecule has 22 heavy (non-hydrogen) atoms. The summed E-state index contributed by atoms with van der Waals surface area (Å²) in [7, 11) is 1.66. The summed E-state index contributed by atoms with van der Waals surface area (Å²) in [5, 5.41) is 8.01. The van der Waals surface area contributed by atoms with Gasteiger partial charge in [0.25, 0.3) is 0 Å². The van der Waals surface area contributed by atoms with Crippen molar-refractivity contribution >= 4 is 11.8 Å². The summed E-state index contributed by atoms with van der Waals surface area (Å²) in [6.07, 6.45) is 0. The van der Waals surface area contributed by atoms with E-state index in [2.05, 4.69) is 46.4 Å². The van der Waals surface area contributed by atoms with Crippen LogP contribution in [0.2, 0.25) is 0 Å². The van der Waals surface area contributed by atoms with E-state index in [9.17, 15) is 0 Å². The zero-order chi connectivity index (χ0) is 15.4. The highest BCUT2D eigenvalue weighted by atomic mass is 32.2. The maximum Gasteiger partial charge on any atom is 0.209 e. The number of H-pyrrole nitrogens is 1. The maximum absolute atomic E-state index is 5.16. The molecule has 0 amide bonds. The first-order valence-electron chi connectivity index (χ1n) is 7.00. The number of aromatic amines is 1. The lowest BCUT2D eigenvalue weighted by Crippen LogP contribution is -1.84. The van der Waals surface area contributed by atoms with Crippen molar-refractivity contribution in [1.82, 2.24) is 15.2 Å². The van der Waals surface area contributed by atoms with Crippen LogP contribution in [0, 0.1) is 6.92 Å². The second-order valence-electron chi connectivity index (χ2n) is 4.97. The summed E-state index contributed by atoms with van der Waals surface area (Å²) in [6, 6.07) is 16.2. The van der Waals surface area contributed by atoms with Crippen molar-refractivity contribution in [3.63, 3.8) is 0 Å². The van der Waals surface area contributed by atoms with Gasteiger partial charge >= 0.3 is 0 Å². The molecule has 0 aliphatic carbocycles. The molecule has 0 saturated carbocycles. The van der Waals surface area contributed by atoms with Gasteiger partial charge in [-0.3, -0.25) is 5.10 Å². The molecule has 0 unspecified atom stereocenters. The number of nitrogens with one attached hydrogen (secondary N) is 1. The predicted octanol–water partition coefficient (Wildman–Crippen LogP) is 4.08. The zero-order valence-corrected chi connectivity index (χ0v) is 13.4. The number of methoxy groups -OCH3 is 1. The lowest BCUT2D eigenvalue weighted by molar-refractivity contribution is 0.415. The van der Waals surface area contributed by atoms with Gasteiger partial charge < -0.3 is 4.74 Å². The van der Waals surface area contributed by atoms with E-state index in [0.717, 1.165) is 28.0 Å². The van der Waals surface area contributed by atoms with Crippen LogP contribution in [0.25, 0.3) is 11.4 Å². The number of rotatable bonds is 5. The topological polar surface area (TPSA) is 50.8 Å². The summed E-state index contributed by atoms with van der Waals surface area (Å²) in [5.74, 6) is 2.47. The van der Waals surface area contributed by atoms with Crippen LogP contribution >= 0.6 is 11.8 Å². The molecule has 1 N–H and O–H groups in total. The van der Waals surface area contributed by atoms with Crippen molar-refractivity contribution in [3.8, 4) is 17.1 Å². The van der Waals surface area contributed by atoms with E-state index in [1.165, 1.54) is 11.1 Å². The van der Waals surface area contributed by atoms with E-state index in [-0.39, 0.29) is 0 Å². The van der Waals surface area contributed by atoms with Gasteiger partial charge in [-0.25, -0.2) is 4.98 Å². The van der Waals surface area contributed by atoms with E-state index in [1.807, 2.05) is 24.3 Å². The van der Waals surface area contributed by atoms with Gasteiger partial charge in [0.2, 0.25) is 5.16 Å². The van der Waals surface area contributed by atoms with Gasteiger partial charge in [-0.2, -0.15) is 0 Å². The Labute approximate surface area is 133 Å².